The standard InChI is InChI=1S/C13H21N5O/c1-2-14-13-16-9-7-11(18-13)15-8-3-4-12(19)17-10-5-6-10/h7,9-10H,2-6,8H2,1H3,(H,17,19)(H2,14,15,16,18). The monoisotopic (exact) mass is 263 g/mol. The summed E-state index contributed by atoms with van der Waals surface area (Å²) < 4.78 is 0. The Hall–Kier alpha value is -1.85. The van der Waals surface area contributed by atoms with Crippen molar-refractivity contribution < 1.29 is 4.79 Å². The fourth-order valence-corrected chi connectivity index (χ4v) is 1.69. The van der Waals surface area contributed by atoms with Gasteiger partial charge in [0.05, 0.1) is 0 Å². The number of hydrogen-bond donors (Lipinski definition) is 3. The van der Waals surface area contributed by atoms with E-state index in [4.69, 9.17) is 0 Å². The minimum absolute atomic E-state index is 0.153. The van der Waals surface area contributed by atoms with Crippen molar-refractivity contribution in [1.82, 2.24) is 15.3 Å². The van der Waals surface area contributed by atoms with Crippen LogP contribution in [0.4, 0.5) is 11.8 Å². The predicted molar refractivity (Wildman–Crippen MR) is 75.1 cm³/mol. The van der Waals surface area contributed by atoms with Gasteiger partial charge in [0.2, 0.25) is 11.9 Å². The van der Waals surface area contributed by atoms with E-state index in [-0.39, 0.29) is 5.91 Å². The summed E-state index contributed by atoms with van der Waals surface area (Å²) in [5.41, 5.74) is 0. The Morgan fingerprint density at radius 3 is 3.00 bits per heavy atom. The lowest BCUT2D eigenvalue weighted by atomic mass is 10.3. The maximum Gasteiger partial charge on any atom is 0.224 e. The topological polar surface area (TPSA) is 78.9 Å². The highest BCUT2D eigenvalue weighted by molar-refractivity contribution is 5.76. The van der Waals surface area contributed by atoms with Gasteiger partial charge in [-0.25, -0.2) is 4.98 Å². The summed E-state index contributed by atoms with van der Waals surface area (Å²) in [6.07, 6.45) is 5.36. The van der Waals surface area contributed by atoms with E-state index < -0.39 is 0 Å². The minimum Gasteiger partial charge on any atom is -0.370 e. The molecule has 1 aliphatic rings. The van der Waals surface area contributed by atoms with Gasteiger partial charge < -0.3 is 16.0 Å². The van der Waals surface area contributed by atoms with Crippen LogP contribution >= 0.6 is 0 Å². The Labute approximate surface area is 113 Å². The van der Waals surface area contributed by atoms with Gasteiger partial charge in [-0.3, -0.25) is 4.79 Å². The number of carbonyl (C=O) groups excluding carboxylic acids is 1. The lowest BCUT2D eigenvalue weighted by molar-refractivity contribution is -0.121. The van der Waals surface area contributed by atoms with Gasteiger partial charge in [0.1, 0.15) is 5.82 Å². The van der Waals surface area contributed by atoms with E-state index in [0.717, 1.165) is 38.2 Å². The van der Waals surface area contributed by atoms with Gasteiger partial charge in [-0.05, 0) is 32.3 Å². The van der Waals surface area contributed by atoms with Crippen molar-refractivity contribution in [1.29, 1.82) is 0 Å². The number of nitrogens with zero attached hydrogens (tertiary/aromatic N) is 2. The van der Waals surface area contributed by atoms with E-state index in [2.05, 4.69) is 25.9 Å². The highest BCUT2D eigenvalue weighted by atomic mass is 16.1. The average Bonchev–Trinajstić information content (AvgIpc) is 3.19. The molecule has 1 saturated carbocycles. The van der Waals surface area contributed by atoms with Crippen molar-refractivity contribution in [2.75, 3.05) is 23.7 Å². The molecule has 104 valence electrons. The number of rotatable bonds is 8. The summed E-state index contributed by atoms with van der Waals surface area (Å²) in [5, 5.41) is 9.23. The zero-order valence-electron chi connectivity index (χ0n) is 11.3. The number of amides is 1. The highest BCUT2D eigenvalue weighted by Gasteiger charge is 2.22. The van der Waals surface area contributed by atoms with Gasteiger partial charge >= 0.3 is 0 Å². The molecule has 19 heavy (non-hydrogen) atoms. The van der Waals surface area contributed by atoms with Gasteiger partial charge in [-0.2, -0.15) is 4.98 Å². The van der Waals surface area contributed by atoms with Crippen LogP contribution in [0.1, 0.15) is 32.6 Å². The van der Waals surface area contributed by atoms with Crippen LogP contribution < -0.4 is 16.0 Å². The van der Waals surface area contributed by atoms with Crippen molar-refractivity contribution in [2.24, 2.45) is 0 Å². The Bertz CT molecular complexity index is 419. The molecule has 1 aromatic rings. The normalized spacial score (nSPS) is 13.9. The van der Waals surface area contributed by atoms with E-state index in [0.29, 0.717) is 18.4 Å². The molecule has 3 N–H and O–H groups in total. The van der Waals surface area contributed by atoms with Gasteiger partial charge in [0.15, 0.2) is 0 Å². The largest absolute Gasteiger partial charge is 0.370 e. The fraction of sp³-hybridized carbons (Fsp3) is 0.615. The maximum absolute atomic E-state index is 11.5. The van der Waals surface area contributed by atoms with Crippen LogP contribution in [0.25, 0.3) is 0 Å². The molecular formula is C13H21N5O. The van der Waals surface area contributed by atoms with Gasteiger partial charge in [-0.15, -0.1) is 0 Å². The van der Waals surface area contributed by atoms with Crippen molar-refractivity contribution in [3.05, 3.63) is 12.3 Å². The molecule has 1 heterocycles. The molecule has 1 fully saturated rings. The maximum atomic E-state index is 11.5. The first-order valence-electron chi connectivity index (χ1n) is 6.88. The summed E-state index contributed by atoms with van der Waals surface area (Å²) in [5.74, 6) is 1.56. The smallest absolute Gasteiger partial charge is 0.224 e. The second-order valence-corrected chi connectivity index (χ2v) is 4.67. The molecule has 6 heteroatoms. The molecule has 0 spiro atoms. The molecule has 0 radical (unpaired) electrons. The molecule has 0 unspecified atom stereocenters. The Balaban J connectivity index is 1.64. The van der Waals surface area contributed by atoms with E-state index >= 15 is 0 Å². The van der Waals surface area contributed by atoms with Crippen molar-refractivity contribution in [2.45, 2.75) is 38.6 Å². The molecular weight excluding hydrogens is 242 g/mol. The van der Waals surface area contributed by atoms with Crippen LogP contribution in [0.3, 0.4) is 0 Å². The highest BCUT2D eigenvalue weighted by Crippen LogP contribution is 2.18. The van der Waals surface area contributed by atoms with Crippen LogP contribution in [0.15, 0.2) is 12.3 Å². The number of anilines is 2. The number of aromatic nitrogens is 2. The third kappa shape index (κ3) is 5.11. The van der Waals surface area contributed by atoms with E-state index in [1.165, 1.54) is 0 Å². The van der Waals surface area contributed by atoms with Crippen LogP contribution in [0, 0.1) is 0 Å². The van der Waals surface area contributed by atoms with Gasteiger partial charge in [-0.1, -0.05) is 0 Å². The lowest BCUT2D eigenvalue weighted by Gasteiger charge is -2.07. The second-order valence-electron chi connectivity index (χ2n) is 4.67. The molecule has 0 saturated heterocycles. The Morgan fingerprint density at radius 1 is 1.42 bits per heavy atom. The number of carbonyl (C=O) groups is 1. The molecule has 1 aliphatic carbocycles. The van der Waals surface area contributed by atoms with Gasteiger partial charge in [0.25, 0.3) is 0 Å². The molecule has 0 aliphatic heterocycles. The van der Waals surface area contributed by atoms with Crippen LogP contribution in [-0.2, 0) is 4.79 Å². The summed E-state index contributed by atoms with van der Waals surface area (Å²) in [6, 6.07) is 2.27. The molecule has 6 nitrogen and oxygen atoms in total. The molecule has 0 atom stereocenters. The third-order valence-electron chi connectivity index (χ3n) is 2.82. The number of hydrogen-bond acceptors (Lipinski definition) is 5. The molecule has 1 aromatic heterocycles. The Morgan fingerprint density at radius 2 is 2.26 bits per heavy atom. The summed E-state index contributed by atoms with van der Waals surface area (Å²) >= 11 is 0. The third-order valence-corrected chi connectivity index (χ3v) is 2.82. The summed E-state index contributed by atoms with van der Waals surface area (Å²) in [4.78, 5) is 19.9. The Kier molecular flexibility index (Phi) is 4.94. The molecule has 2 rings (SSSR count). The van der Waals surface area contributed by atoms with Crippen LogP contribution in [0.5, 0.6) is 0 Å². The lowest BCUT2D eigenvalue weighted by Crippen LogP contribution is -2.25. The molecule has 0 bridgehead atoms. The zero-order chi connectivity index (χ0) is 13.5. The first-order valence-corrected chi connectivity index (χ1v) is 6.88. The average molecular weight is 263 g/mol. The van der Waals surface area contributed by atoms with E-state index in [1.54, 1.807) is 6.20 Å². The molecule has 0 aromatic carbocycles. The van der Waals surface area contributed by atoms with E-state index in [9.17, 15) is 4.79 Å². The number of nitrogens with one attached hydrogen (secondary N) is 3. The quantitative estimate of drug-likeness (QED) is 0.618. The summed E-state index contributed by atoms with van der Waals surface area (Å²) in [7, 11) is 0. The summed E-state index contributed by atoms with van der Waals surface area (Å²) in [6.45, 7) is 3.54. The van der Waals surface area contributed by atoms with Crippen molar-refractivity contribution in [3.63, 3.8) is 0 Å². The van der Waals surface area contributed by atoms with Crippen molar-refractivity contribution >= 4 is 17.7 Å². The van der Waals surface area contributed by atoms with Crippen LogP contribution in [-0.4, -0.2) is 35.0 Å². The minimum atomic E-state index is 0.153. The van der Waals surface area contributed by atoms with Crippen LogP contribution in [0.2, 0.25) is 0 Å². The SMILES string of the molecule is CCNc1nccc(NCCCC(=O)NC2CC2)n1. The first kappa shape index (κ1) is 13.6. The van der Waals surface area contributed by atoms with Crippen molar-refractivity contribution in [3.8, 4) is 0 Å². The van der Waals surface area contributed by atoms with E-state index in [1.807, 2.05) is 13.0 Å². The first-order chi connectivity index (χ1) is 9.28. The second kappa shape index (κ2) is 6.92. The zero-order valence-corrected chi connectivity index (χ0v) is 11.3. The molecule has 1 amide bonds. The fourth-order valence-electron chi connectivity index (χ4n) is 1.69. The predicted octanol–water partition coefficient (Wildman–Crippen LogP) is 1.38. The van der Waals surface area contributed by atoms with Gasteiger partial charge in [0, 0.05) is 31.7 Å².